The Morgan fingerprint density at radius 2 is 1.83 bits per heavy atom. The van der Waals surface area contributed by atoms with E-state index in [2.05, 4.69) is 5.32 Å². The smallest absolute Gasteiger partial charge is 0.307 e. The summed E-state index contributed by atoms with van der Waals surface area (Å²) in [7, 11) is 0. The molecule has 1 aliphatic heterocycles. The first-order chi connectivity index (χ1) is 8.52. The fraction of sp³-hybridized carbons (Fsp3) is 0.571. The highest BCUT2D eigenvalue weighted by molar-refractivity contribution is 5.21. The monoisotopic (exact) mass is 257 g/mol. The van der Waals surface area contributed by atoms with E-state index in [4.69, 9.17) is 0 Å². The normalized spacial score (nSPS) is 29.2. The van der Waals surface area contributed by atoms with Crippen LogP contribution in [0.15, 0.2) is 30.3 Å². The van der Waals surface area contributed by atoms with Gasteiger partial charge in [-0.15, -0.1) is 0 Å². The zero-order chi connectivity index (χ0) is 13.2. The highest BCUT2D eigenvalue weighted by Gasteiger charge is 2.47. The van der Waals surface area contributed by atoms with E-state index in [1.807, 2.05) is 13.0 Å². The quantitative estimate of drug-likeness (QED) is 0.842. The molecule has 0 aliphatic carbocycles. The van der Waals surface area contributed by atoms with Gasteiger partial charge >= 0.3 is 6.18 Å². The summed E-state index contributed by atoms with van der Waals surface area (Å²) in [5.41, 5.74) is 0.734. The van der Waals surface area contributed by atoms with Gasteiger partial charge in [-0.2, -0.15) is 13.2 Å². The van der Waals surface area contributed by atoms with Crippen molar-refractivity contribution in [2.45, 2.75) is 44.4 Å². The average molecular weight is 257 g/mol. The Balaban J connectivity index is 2.25. The molecule has 1 aromatic carbocycles. The van der Waals surface area contributed by atoms with Crippen molar-refractivity contribution in [2.75, 3.05) is 0 Å². The van der Waals surface area contributed by atoms with Gasteiger partial charge in [0.15, 0.2) is 0 Å². The Bertz CT molecular complexity index is 374. The van der Waals surface area contributed by atoms with Crippen molar-refractivity contribution >= 4 is 0 Å². The predicted molar refractivity (Wildman–Crippen MR) is 65.2 cm³/mol. The molecule has 0 radical (unpaired) electrons. The summed E-state index contributed by atoms with van der Waals surface area (Å²) < 4.78 is 39.2. The molecule has 1 aromatic rings. The van der Waals surface area contributed by atoms with Crippen LogP contribution in [0.5, 0.6) is 0 Å². The minimum absolute atomic E-state index is 0.189. The van der Waals surface area contributed by atoms with Crippen molar-refractivity contribution in [3.63, 3.8) is 0 Å². The molecule has 1 N–H and O–H groups in total. The molecule has 100 valence electrons. The fourth-order valence-corrected chi connectivity index (χ4v) is 2.66. The van der Waals surface area contributed by atoms with Crippen molar-refractivity contribution in [1.82, 2.24) is 5.32 Å². The van der Waals surface area contributed by atoms with Crippen LogP contribution in [-0.4, -0.2) is 12.2 Å². The van der Waals surface area contributed by atoms with E-state index >= 15 is 0 Å². The third-order valence-electron chi connectivity index (χ3n) is 3.72. The van der Waals surface area contributed by atoms with E-state index in [1.165, 1.54) is 0 Å². The molecule has 0 spiro atoms. The molecule has 3 atom stereocenters. The summed E-state index contributed by atoms with van der Waals surface area (Å²) in [6, 6.07) is 8.54. The lowest BCUT2D eigenvalue weighted by atomic mass is 9.82. The maximum Gasteiger partial charge on any atom is 0.393 e. The van der Waals surface area contributed by atoms with Crippen LogP contribution in [0.2, 0.25) is 0 Å². The molecule has 1 heterocycles. The largest absolute Gasteiger partial charge is 0.393 e. The standard InChI is InChI=1S/C14H18F3N/c1-2-11-8-9-12(14(15,16)17)13(18-11)10-6-4-3-5-7-10/h3-7,11-13,18H,2,8-9H2,1H3/t11-,12+,13+/m1/s1. The number of rotatable bonds is 2. The van der Waals surface area contributed by atoms with Crippen molar-refractivity contribution in [1.29, 1.82) is 0 Å². The number of hydrogen-bond donors (Lipinski definition) is 1. The summed E-state index contributed by atoms with van der Waals surface area (Å²) in [5, 5.41) is 3.16. The second kappa shape index (κ2) is 5.31. The lowest BCUT2D eigenvalue weighted by Gasteiger charge is -2.38. The maximum absolute atomic E-state index is 13.1. The first kappa shape index (κ1) is 13.4. The lowest BCUT2D eigenvalue weighted by Crippen LogP contribution is -2.46. The molecule has 18 heavy (non-hydrogen) atoms. The third kappa shape index (κ3) is 2.86. The molecule has 2 rings (SSSR count). The fourth-order valence-electron chi connectivity index (χ4n) is 2.66. The van der Waals surface area contributed by atoms with Crippen LogP contribution in [0.25, 0.3) is 0 Å². The van der Waals surface area contributed by atoms with E-state index in [9.17, 15) is 13.2 Å². The van der Waals surface area contributed by atoms with Crippen molar-refractivity contribution in [3.8, 4) is 0 Å². The second-order valence-corrected chi connectivity index (χ2v) is 4.89. The molecular weight excluding hydrogens is 239 g/mol. The molecule has 0 unspecified atom stereocenters. The molecule has 4 heteroatoms. The number of benzene rings is 1. The van der Waals surface area contributed by atoms with Crippen LogP contribution in [0.1, 0.15) is 37.8 Å². The molecule has 1 saturated heterocycles. The Morgan fingerprint density at radius 1 is 1.17 bits per heavy atom. The van der Waals surface area contributed by atoms with E-state index in [0.29, 0.717) is 6.42 Å². The van der Waals surface area contributed by atoms with Gasteiger partial charge in [-0.1, -0.05) is 37.3 Å². The molecule has 0 bridgehead atoms. The van der Waals surface area contributed by atoms with Gasteiger partial charge in [0.2, 0.25) is 0 Å². The summed E-state index contributed by atoms with van der Waals surface area (Å²) >= 11 is 0. The topological polar surface area (TPSA) is 12.0 Å². The van der Waals surface area contributed by atoms with Gasteiger partial charge in [-0.3, -0.25) is 0 Å². The summed E-state index contributed by atoms with van der Waals surface area (Å²) in [4.78, 5) is 0. The minimum atomic E-state index is -4.13. The highest BCUT2D eigenvalue weighted by atomic mass is 19.4. The van der Waals surface area contributed by atoms with Crippen LogP contribution in [0.3, 0.4) is 0 Å². The van der Waals surface area contributed by atoms with Crippen molar-refractivity contribution < 1.29 is 13.2 Å². The first-order valence-electron chi connectivity index (χ1n) is 6.40. The van der Waals surface area contributed by atoms with Crippen LogP contribution in [0.4, 0.5) is 13.2 Å². The zero-order valence-corrected chi connectivity index (χ0v) is 10.4. The number of nitrogens with one attached hydrogen (secondary N) is 1. The molecule has 1 aliphatic rings. The number of hydrogen-bond acceptors (Lipinski definition) is 1. The average Bonchev–Trinajstić information content (AvgIpc) is 2.38. The Kier molecular flexibility index (Phi) is 3.95. The lowest BCUT2D eigenvalue weighted by molar-refractivity contribution is -0.191. The van der Waals surface area contributed by atoms with Gasteiger partial charge < -0.3 is 5.32 Å². The zero-order valence-electron chi connectivity index (χ0n) is 10.4. The van der Waals surface area contributed by atoms with Crippen LogP contribution >= 0.6 is 0 Å². The van der Waals surface area contributed by atoms with Gasteiger partial charge in [0, 0.05) is 12.1 Å². The van der Waals surface area contributed by atoms with Gasteiger partial charge in [-0.25, -0.2) is 0 Å². The summed E-state index contributed by atoms with van der Waals surface area (Å²) in [6.45, 7) is 2.01. The molecule has 0 aromatic heterocycles. The van der Waals surface area contributed by atoms with Crippen molar-refractivity contribution in [3.05, 3.63) is 35.9 Å². The first-order valence-corrected chi connectivity index (χ1v) is 6.40. The minimum Gasteiger partial charge on any atom is -0.307 e. The van der Waals surface area contributed by atoms with E-state index in [0.717, 1.165) is 12.0 Å². The number of alkyl halides is 3. The highest BCUT2D eigenvalue weighted by Crippen LogP contribution is 2.42. The van der Waals surface area contributed by atoms with Crippen LogP contribution < -0.4 is 5.32 Å². The van der Waals surface area contributed by atoms with Crippen LogP contribution in [-0.2, 0) is 0 Å². The predicted octanol–water partition coefficient (Wildman–Crippen LogP) is 4.07. The van der Waals surface area contributed by atoms with Gasteiger partial charge in [0.1, 0.15) is 0 Å². The van der Waals surface area contributed by atoms with Crippen LogP contribution in [0, 0.1) is 5.92 Å². The Labute approximate surface area is 105 Å². The Hall–Kier alpha value is -1.03. The summed E-state index contributed by atoms with van der Waals surface area (Å²) in [5.74, 6) is -1.28. The number of piperidine rings is 1. The van der Waals surface area contributed by atoms with Gasteiger partial charge in [-0.05, 0) is 24.8 Å². The molecule has 0 saturated carbocycles. The SMILES string of the molecule is CC[C@@H]1CC[C@H](C(F)(F)F)[C@H](c2ccccc2)N1. The second-order valence-electron chi connectivity index (χ2n) is 4.89. The molecule has 1 fully saturated rings. The van der Waals surface area contributed by atoms with E-state index in [1.54, 1.807) is 24.3 Å². The van der Waals surface area contributed by atoms with Gasteiger partial charge in [0.05, 0.1) is 5.92 Å². The van der Waals surface area contributed by atoms with Gasteiger partial charge in [0.25, 0.3) is 0 Å². The Morgan fingerprint density at radius 3 is 2.39 bits per heavy atom. The van der Waals surface area contributed by atoms with E-state index in [-0.39, 0.29) is 12.5 Å². The van der Waals surface area contributed by atoms with E-state index < -0.39 is 18.1 Å². The third-order valence-corrected chi connectivity index (χ3v) is 3.72. The molecule has 0 amide bonds. The van der Waals surface area contributed by atoms with Crippen molar-refractivity contribution in [2.24, 2.45) is 5.92 Å². The number of halogens is 3. The molecular formula is C14H18F3N. The molecule has 1 nitrogen and oxygen atoms in total. The maximum atomic E-state index is 13.1. The summed E-state index contributed by atoms with van der Waals surface area (Å²) in [6.07, 6.45) is -2.45.